The lowest BCUT2D eigenvalue weighted by molar-refractivity contribution is 0.312. The van der Waals surface area contributed by atoms with Crippen LogP contribution in [0.25, 0.3) is 22.6 Å². The number of hydrogen-bond donors (Lipinski definition) is 1. The normalized spacial score (nSPS) is 16.4. The number of anilines is 2. The Morgan fingerprint density at radius 3 is 2.39 bits per heavy atom. The molecule has 0 unspecified atom stereocenters. The monoisotopic (exact) mass is 486 g/mol. The van der Waals surface area contributed by atoms with Crippen LogP contribution in [0.1, 0.15) is 26.7 Å². The molecule has 0 radical (unpaired) electrons. The molecule has 0 spiro atoms. The van der Waals surface area contributed by atoms with E-state index in [0.29, 0.717) is 23.4 Å². The van der Waals surface area contributed by atoms with Crippen molar-refractivity contribution in [3.05, 3.63) is 71.1 Å². The zero-order valence-electron chi connectivity index (χ0n) is 20.9. The van der Waals surface area contributed by atoms with E-state index in [4.69, 9.17) is 15.2 Å². The van der Waals surface area contributed by atoms with Crippen molar-refractivity contribution < 1.29 is 4.52 Å². The van der Waals surface area contributed by atoms with Gasteiger partial charge in [-0.2, -0.15) is 4.98 Å². The smallest absolute Gasteiger partial charge is 0.255 e. The Balaban J connectivity index is 1.33. The standard InChI is InChI=1S/C26H30N8O2/c1-17-16-33(20-7-5-19(6-8-20)23-30-24(36-31-23)26(2,3)27)13-14-34(17)25-29-21(15-22(35)32(25)4)18-9-11-28-12-10-18/h5-12,15,17H,13-14,16,27H2,1-4H3/t17-/m1/s1. The molecule has 5 rings (SSSR count). The summed E-state index contributed by atoms with van der Waals surface area (Å²) in [6.07, 6.45) is 3.41. The largest absolute Gasteiger partial charge is 0.368 e. The molecule has 1 aliphatic heterocycles. The van der Waals surface area contributed by atoms with Crippen LogP contribution >= 0.6 is 0 Å². The van der Waals surface area contributed by atoms with Crippen LogP contribution in [-0.2, 0) is 12.6 Å². The third kappa shape index (κ3) is 4.59. The van der Waals surface area contributed by atoms with E-state index in [9.17, 15) is 4.79 Å². The van der Waals surface area contributed by atoms with Crippen LogP contribution in [0.5, 0.6) is 0 Å². The average molecular weight is 487 g/mol. The van der Waals surface area contributed by atoms with Crippen molar-refractivity contribution in [2.24, 2.45) is 12.8 Å². The van der Waals surface area contributed by atoms with E-state index in [0.717, 1.165) is 36.4 Å². The van der Waals surface area contributed by atoms with E-state index in [1.807, 2.05) is 38.1 Å². The number of hydrogen-bond acceptors (Lipinski definition) is 9. The summed E-state index contributed by atoms with van der Waals surface area (Å²) in [5.41, 5.74) is 8.81. The molecule has 4 aromatic rings. The van der Waals surface area contributed by atoms with Gasteiger partial charge in [0.1, 0.15) is 0 Å². The van der Waals surface area contributed by atoms with Crippen molar-refractivity contribution in [3.8, 4) is 22.6 Å². The Morgan fingerprint density at radius 2 is 1.75 bits per heavy atom. The van der Waals surface area contributed by atoms with Crippen LogP contribution in [0.4, 0.5) is 11.6 Å². The molecule has 3 aromatic heterocycles. The number of rotatable bonds is 5. The highest BCUT2D eigenvalue weighted by atomic mass is 16.5. The zero-order valence-corrected chi connectivity index (χ0v) is 20.9. The molecule has 1 aromatic carbocycles. The van der Waals surface area contributed by atoms with Crippen molar-refractivity contribution >= 4 is 11.6 Å². The van der Waals surface area contributed by atoms with Gasteiger partial charge in [-0.05, 0) is 57.2 Å². The molecule has 2 N–H and O–H groups in total. The van der Waals surface area contributed by atoms with Crippen LogP contribution in [-0.4, -0.2) is 50.4 Å². The summed E-state index contributed by atoms with van der Waals surface area (Å²) in [5, 5.41) is 4.07. The van der Waals surface area contributed by atoms with Crippen LogP contribution in [0, 0.1) is 0 Å². The Hall–Kier alpha value is -4.05. The fourth-order valence-corrected chi connectivity index (χ4v) is 4.37. The lowest BCUT2D eigenvalue weighted by atomic mass is 10.1. The summed E-state index contributed by atoms with van der Waals surface area (Å²) in [4.78, 5) is 30.6. The second-order valence-corrected chi connectivity index (χ2v) is 9.75. The number of benzene rings is 1. The van der Waals surface area contributed by atoms with Gasteiger partial charge in [0.15, 0.2) is 0 Å². The highest BCUT2D eigenvalue weighted by Crippen LogP contribution is 2.27. The molecule has 0 aliphatic carbocycles. The number of nitrogens with two attached hydrogens (primary N) is 1. The van der Waals surface area contributed by atoms with Gasteiger partial charge in [0.05, 0.1) is 11.2 Å². The summed E-state index contributed by atoms with van der Waals surface area (Å²) in [5.74, 6) is 1.60. The zero-order chi connectivity index (χ0) is 25.4. The predicted octanol–water partition coefficient (Wildman–Crippen LogP) is 2.80. The van der Waals surface area contributed by atoms with E-state index >= 15 is 0 Å². The van der Waals surface area contributed by atoms with Gasteiger partial charge >= 0.3 is 0 Å². The van der Waals surface area contributed by atoms with Crippen molar-refractivity contribution in [2.75, 3.05) is 29.4 Å². The molecule has 10 heteroatoms. The topological polar surface area (TPSA) is 119 Å². The molecule has 0 amide bonds. The minimum atomic E-state index is -0.683. The third-order valence-corrected chi connectivity index (χ3v) is 6.44. The summed E-state index contributed by atoms with van der Waals surface area (Å²) in [7, 11) is 1.77. The van der Waals surface area contributed by atoms with Gasteiger partial charge in [-0.3, -0.25) is 14.3 Å². The number of nitrogens with zero attached hydrogens (tertiary/aromatic N) is 7. The van der Waals surface area contributed by atoms with Crippen molar-refractivity contribution in [2.45, 2.75) is 32.4 Å². The quantitative estimate of drug-likeness (QED) is 0.454. The Kier molecular flexibility index (Phi) is 6.05. The molecular formula is C26H30N8O2. The second-order valence-electron chi connectivity index (χ2n) is 9.75. The minimum Gasteiger partial charge on any atom is -0.368 e. The van der Waals surface area contributed by atoms with Crippen LogP contribution in [0.2, 0.25) is 0 Å². The SMILES string of the molecule is C[C@@H]1CN(c2ccc(-c3noc(C(C)(C)N)n3)cc2)CCN1c1nc(-c2ccncc2)cc(=O)n1C. The van der Waals surface area contributed by atoms with Gasteiger partial charge in [-0.15, -0.1) is 0 Å². The summed E-state index contributed by atoms with van der Waals surface area (Å²) >= 11 is 0. The Morgan fingerprint density at radius 1 is 1.03 bits per heavy atom. The van der Waals surface area contributed by atoms with Gasteiger partial charge in [-0.1, -0.05) is 5.16 Å². The molecular weight excluding hydrogens is 456 g/mol. The van der Waals surface area contributed by atoms with Gasteiger partial charge in [0.2, 0.25) is 17.7 Å². The maximum atomic E-state index is 12.7. The number of pyridine rings is 1. The fraction of sp³-hybridized carbons (Fsp3) is 0.346. The van der Waals surface area contributed by atoms with Crippen molar-refractivity contribution in [1.29, 1.82) is 0 Å². The third-order valence-electron chi connectivity index (χ3n) is 6.44. The van der Waals surface area contributed by atoms with Gasteiger partial charge in [0, 0.05) is 68.0 Å². The molecule has 4 heterocycles. The first-order valence-electron chi connectivity index (χ1n) is 11.9. The Labute approximate surface area is 209 Å². The highest BCUT2D eigenvalue weighted by Gasteiger charge is 2.27. The lowest BCUT2D eigenvalue weighted by Gasteiger charge is -2.42. The first-order chi connectivity index (χ1) is 17.2. The molecule has 1 saturated heterocycles. The molecule has 0 saturated carbocycles. The average Bonchev–Trinajstić information content (AvgIpc) is 3.38. The van der Waals surface area contributed by atoms with E-state index < -0.39 is 5.54 Å². The molecule has 36 heavy (non-hydrogen) atoms. The lowest BCUT2D eigenvalue weighted by Crippen LogP contribution is -2.53. The van der Waals surface area contributed by atoms with Crippen molar-refractivity contribution in [3.63, 3.8) is 0 Å². The van der Waals surface area contributed by atoms with E-state index in [1.165, 1.54) is 0 Å². The summed E-state index contributed by atoms with van der Waals surface area (Å²) in [6.45, 7) is 8.15. The minimum absolute atomic E-state index is 0.0836. The molecule has 1 atom stereocenters. The highest BCUT2D eigenvalue weighted by molar-refractivity contribution is 5.62. The fourth-order valence-electron chi connectivity index (χ4n) is 4.37. The molecule has 10 nitrogen and oxygen atoms in total. The molecule has 186 valence electrons. The Bertz CT molecular complexity index is 1410. The van der Waals surface area contributed by atoms with Gasteiger partial charge < -0.3 is 20.1 Å². The number of piperazine rings is 1. The van der Waals surface area contributed by atoms with Crippen LogP contribution in [0.15, 0.2) is 64.2 Å². The first kappa shape index (κ1) is 23.7. The van der Waals surface area contributed by atoms with E-state index in [1.54, 1.807) is 30.1 Å². The van der Waals surface area contributed by atoms with Gasteiger partial charge in [0.25, 0.3) is 5.56 Å². The van der Waals surface area contributed by atoms with E-state index in [2.05, 4.69) is 44.0 Å². The van der Waals surface area contributed by atoms with Crippen molar-refractivity contribution in [1.82, 2.24) is 24.7 Å². The van der Waals surface area contributed by atoms with Crippen LogP contribution in [0.3, 0.4) is 0 Å². The molecule has 0 bridgehead atoms. The molecule has 1 fully saturated rings. The summed E-state index contributed by atoms with van der Waals surface area (Å²) in [6, 6.07) is 13.6. The maximum absolute atomic E-state index is 12.7. The number of aromatic nitrogens is 5. The predicted molar refractivity (Wildman–Crippen MR) is 139 cm³/mol. The molecule has 1 aliphatic rings. The first-order valence-corrected chi connectivity index (χ1v) is 11.9. The van der Waals surface area contributed by atoms with E-state index in [-0.39, 0.29) is 11.6 Å². The van der Waals surface area contributed by atoms with Crippen LogP contribution < -0.4 is 21.1 Å². The summed E-state index contributed by atoms with van der Waals surface area (Å²) < 4.78 is 6.94. The maximum Gasteiger partial charge on any atom is 0.255 e. The van der Waals surface area contributed by atoms with Gasteiger partial charge in [-0.25, -0.2) is 4.98 Å². The second kappa shape index (κ2) is 9.19.